The first kappa shape index (κ1) is 55.5. The van der Waals surface area contributed by atoms with E-state index in [9.17, 15) is 18.0 Å². The maximum absolute atomic E-state index is 15.6. The van der Waals surface area contributed by atoms with Gasteiger partial charge in [-0.2, -0.15) is 13.2 Å². The van der Waals surface area contributed by atoms with Gasteiger partial charge in [0.05, 0.1) is 19.4 Å². The van der Waals surface area contributed by atoms with Crippen LogP contribution < -0.4 is 5.32 Å². The van der Waals surface area contributed by atoms with Crippen LogP contribution in [0.2, 0.25) is 0 Å². The summed E-state index contributed by atoms with van der Waals surface area (Å²) in [5.41, 5.74) is 6.07. The van der Waals surface area contributed by atoms with Crippen molar-refractivity contribution in [2.75, 3.05) is 25.9 Å². The van der Waals surface area contributed by atoms with Gasteiger partial charge in [-0.15, -0.1) is 0 Å². The number of carbonyl (C=O) groups excluding carboxylic acids is 1. The number of nitrogens with zero attached hydrogens (tertiary/aromatic N) is 4. The van der Waals surface area contributed by atoms with Crippen molar-refractivity contribution in [3.05, 3.63) is 311 Å². The molecule has 1 aliphatic carbocycles. The molecular formula is C69H63F3N5O4P. The average molecular weight is 1110 g/mol. The van der Waals surface area contributed by atoms with Gasteiger partial charge in [-0.05, 0) is 68.5 Å². The van der Waals surface area contributed by atoms with E-state index in [4.69, 9.17) is 19.0 Å². The molecule has 82 heavy (non-hydrogen) atoms. The van der Waals surface area contributed by atoms with Crippen molar-refractivity contribution in [2.24, 2.45) is 0 Å². The van der Waals surface area contributed by atoms with Crippen LogP contribution in [0.25, 0.3) is 11.1 Å². The number of imidazole rings is 2. The lowest BCUT2D eigenvalue weighted by Gasteiger charge is -2.38. The Morgan fingerprint density at radius 3 is 1.17 bits per heavy atom. The van der Waals surface area contributed by atoms with Gasteiger partial charge in [0.15, 0.2) is 0 Å². The van der Waals surface area contributed by atoms with Crippen molar-refractivity contribution in [2.45, 2.75) is 61.2 Å². The number of unbranched alkanes of at least 4 members (excludes halogenated alkanes) is 2. The van der Waals surface area contributed by atoms with Crippen LogP contribution in [-0.4, -0.2) is 57.1 Å². The van der Waals surface area contributed by atoms with E-state index in [1.54, 1.807) is 12.4 Å². The Morgan fingerprint density at radius 2 is 0.817 bits per heavy atom. The normalized spacial score (nSPS) is 13.1. The van der Waals surface area contributed by atoms with E-state index in [1.165, 1.54) is 0 Å². The zero-order valence-corrected chi connectivity index (χ0v) is 46.2. The summed E-state index contributed by atoms with van der Waals surface area (Å²) in [6.45, 7) is -1.44. The van der Waals surface area contributed by atoms with E-state index in [0.29, 0.717) is 42.0 Å². The molecule has 9 nitrogen and oxygen atoms in total. The molecular weight excluding hydrogens is 1050 g/mol. The van der Waals surface area contributed by atoms with Gasteiger partial charge in [-0.25, -0.2) is 9.97 Å². The summed E-state index contributed by atoms with van der Waals surface area (Å²) in [6, 6.07) is 76.8. The van der Waals surface area contributed by atoms with Crippen molar-refractivity contribution in [1.82, 2.24) is 24.4 Å². The average Bonchev–Trinajstić information content (AvgIpc) is 3.70. The van der Waals surface area contributed by atoms with E-state index >= 15 is 4.57 Å². The Bertz CT molecular complexity index is 3340. The number of amides is 1. The number of halogens is 3. The Kier molecular flexibility index (Phi) is 16.5. The minimum atomic E-state index is -4.60. The molecule has 8 aromatic carbocycles. The molecule has 11 rings (SSSR count). The number of hydrogen-bond donors (Lipinski definition) is 1. The molecule has 0 atom stereocenters. The lowest BCUT2D eigenvalue weighted by Crippen LogP contribution is -2.47. The molecule has 1 N–H and O–H groups in total. The van der Waals surface area contributed by atoms with Crippen LogP contribution in [0.15, 0.2) is 255 Å². The number of alkyl halides is 3. The van der Waals surface area contributed by atoms with Crippen LogP contribution in [0, 0.1) is 0 Å². The third-order valence-electron chi connectivity index (χ3n) is 15.9. The number of benzene rings is 8. The van der Waals surface area contributed by atoms with Gasteiger partial charge in [0, 0.05) is 37.6 Å². The van der Waals surface area contributed by atoms with E-state index in [0.717, 1.165) is 44.5 Å². The molecule has 0 unspecified atom stereocenters. The first-order chi connectivity index (χ1) is 40.1. The zero-order valence-electron chi connectivity index (χ0n) is 45.3. The van der Waals surface area contributed by atoms with Crippen LogP contribution in [0.4, 0.5) is 13.2 Å². The Balaban J connectivity index is 0.891. The van der Waals surface area contributed by atoms with Gasteiger partial charge in [0.25, 0.3) is 0 Å². The highest BCUT2D eigenvalue weighted by atomic mass is 31.2. The maximum Gasteiger partial charge on any atom is 0.405 e. The van der Waals surface area contributed by atoms with Gasteiger partial charge in [-0.1, -0.05) is 243 Å². The second-order valence-electron chi connectivity index (χ2n) is 20.6. The fourth-order valence-corrected chi connectivity index (χ4v) is 14.1. The van der Waals surface area contributed by atoms with Crippen molar-refractivity contribution in [3.63, 3.8) is 0 Å². The highest BCUT2D eigenvalue weighted by Gasteiger charge is 2.49. The third-order valence-corrected chi connectivity index (χ3v) is 17.9. The number of carbonyl (C=O) groups is 1. The summed E-state index contributed by atoms with van der Waals surface area (Å²) < 4.78 is 74.3. The van der Waals surface area contributed by atoms with Gasteiger partial charge in [-0.3, -0.25) is 9.36 Å². The first-order valence-corrected chi connectivity index (χ1v) is 29.6. The molecule has 0 aliphatic heterocycles. The van der Waals surface area contributed by atoms with Crippen molar-refractivity contribution in [3.8, 4) is 11.1 Å². The summed E-state index contributed by atoms with van der Waals surface area (Å²) in [5, 5.41) is 2.24. The molecule has 1 amide bonds. The summed E-state index contributed by atoms with van der Waals surface area (Å²) in [7, 11) is -3.93. The zero-order chi connectivity index (χ0) is 56.5. The largest absolute Gasteiger partial charge is 0.405 e. The number of nitrogens with one attached hydrogen (secondary N) is 1. The quantitative estimate of drug-likeness (QED) is 0.0368. The number of fused-ring (bicyclic) bond motifs is 3. The maximum atomic E-state index is 15.6. The van der Waals surface area contributed by atoms with E-state index in [2.05, 4.69) is 87.2 Å². The molecule has 414 valence electrons. The van der Waals surface area contributed by atoms with Crippen LogP contribution in [0.5, 0.6) is 0 Å². The summed E-state index contributed by atoms with van der Waals surface area (Å²) >= 11 is 0. The summed E-state index contributed by atoms with van der Waals surface area (Å²) in [6.07, 6.45) is 5.05. The molecule has 0 radical (unpaired) electrons. The number of rotatable bonds is 24. The lowest BCUT2D eigenvalue weighted by molar-refractivity contribution is -0.141. The van der Waals surface area contributed by atoms with Gasteiger partial charge >= 0.3 is 13.8 Å². The van der Waals surface area contributed by atoms with Crippen LogP contribution in [-0.2, 0) is 47.7 Å². The monoisotopic (exact) mass is 1110 g/mol. The molecule has 0 fully saturated rings. The Labute approximate surface area is 477 Å². The Morgan fingerprint density at radius 1 is 0.476 bits per heavy atom. The molecule has 2 heterocycles. The molecule has 1 aliphatic rings. The molecule has 0 spiro atoms. The van der Waals surface area contributed by atoms with E-state index < -0.39 is 42.7 Å². The predicted molar refractivity (Wildman–Crippen MR) is 316 cm³/mol. The van der Waals surface area contributed by atoms with Crippen LogP contribution >= 0.6 is 7.60 Å². The molecule has 0 bridgehead atoms. The van der Waals surface area contributed by atoms with Gasteiger partial charge in [0.2, 0.25) is 5.91 Å². The fourth-order valence-electron chi connectivity index (χ4n) is 12.4. The second-order valence-corrected chi connectivity index (χ2v) is 22.8. The highest BCUT2D eigenvalue weighted by molar-refractivity contribution is 7.53. The molecule has 10 aromatic rings. The van der Waals surface area contributed by atoms with Crippen LogP contribution in [0.3, 0.4) is 0 Å². The molecule has 0 saturated heterocycles. The number of hydrogen-bond acceptors (Lipinski definition) is 6. The van der Waals surface area contributed by atoms with Gasteiger partial charge < -0.3 is 23.5 Å². The molecule has 13 heteroatoms. The molecule has 2 aromatic heterocycles. The summed E-state index contributed by atoms with van der Waals surface area (Å²) in [5.74, 6) is 0.703. The van der Waals surface area contributed by atoms with E-state index in [-0.39, 0.29) is 38.6 Å². The SMILES string of the molecule is O=C(NCC(F)(F)F)C1(CCCCCP(=O)(OCCc2nccn2C(c2ccccc2)(c2ccccc2)c2ccccc2)OCCc2nccn2C(c2ccccc2)(c2ccccc2)c2ccccc2)c2ccccc2-c2ccccc21. The fraction of sp³-hybridized carbons (Fsp3) is 0.203. The van der Waals surface area contributed by atoms with Crippen molar-refractivity contribution >= 4 is 13.5 Å². The van der Waals surface area contributed by atoms with Crippen LogP contribution in [0.1, 0.15) is 81.8 Å². The minimum absolute atomic E-state index is 0.00650. The Hall–Kier alpha value is -8.41. The standard InChI is InChI=1S/C69H63F3N5O4P/c70-67(71,72)52-75-65(78)66(61-40-22-20-38-59(61)60-39-21-23-41-62(60)66)44-24-7-25-51-82(79,80-49-42-63-73-45-47-76(63)68(53-26-8-1-9-27-53,54-28-10-2-11-29-54)55-30-12-3-13-31-55)81-50-43-64-74-46-48-77(64)69(56-32-14-4-15-33-56,57-34-16-5-17-35-57)58-36-18-6-19-37-58/h1-6,8-23,26-41,45-48H,7,24-25,42-44,49-52H2,(H,75,78). The predicted octanol–water partition coefficient (Wildman–Crippen LogP) is 15.0. The smallest absolute Gasteiger partial charge is 0.346 e. The van der Waals surface area contributed by atoms with E-state index in [1.807, 2.05) is 170 Å². The highest BCUT2D eigenvalue weighted by Crippen LogP contribution is 2.53. The third kappa shape index (κ3) is 10.8. The van der Waals surface area contributed by atoms with Crippen molar-refractivity contribution < 1.29 is 31.6 Å². The topological polar surface area (TPSA) is 100 Å². The summed E-state index contributed by atoms with van der Waals surface area (Å²) in [4.78, 5) is 24.2. The minimum Gasteiger partial charge on any atom is -0.346 e. The second kappa shape index (κ2) is 24.4. The van der Waals surface area contributed by atoms with Crippen molar-refractivity contribution in [1.29, 1.82) is 0 Å². The molecule has 0 saturated carbocycles. The lowest BCUT2D eigenvalue weighted by atomic mass is 9.73. The van der Waals surface area contributed by atoms with Gasteiger partial charge in [0.1, 0.15) is 34.7 Å². The first-order valence-electron chi connectivity index (χ1n) is 27.9. The number of aromatic nitrogens is 4.